The molecular formula is C10H6Cl2O2S. The van der Waals surface area contributed by atoms with Crippen LogP contribution in [-0.4, -0.2) is 11.4 Å². The summed E-state index contributed by atoms with van der Waals surface area (Å²) >= 11 is 12.8. The summed E-state index contributed by atoms with van der Waals surface area (Å²) in [6.07, 6.45) is 0. The second-order valence-electron chi connectivity index (χ2n) is 2.83. The quantitative estimate of drug-likeness (QED) is 0.763. The van der Waals surface area contributed by atoms with E-state index in [1.54, 1.807) is 0 Å². The van der Waals surface area contributed by atoms with Crippen molar-refractivity contribution in [2.75, 3.05) is 0 Å². The molecule has 15 heavy (non-hydrogen) atoms. The summed E-state index contributed by atoms with van der Waals surface area (Å²) in [5.41, 5.74) is -0.519. The van der Waals surface area contributed by atoms with Crippen LogP contribution < -0.4 is 0 Å². The van der Waals surface area contributed by atoms with Gasteiger partial charge < -0.3 is 4.74 Å². The molecule has 0 N–H and O–H groups in total. The highest BCUT2D eigenvalue weighted by molar-refractivity contribution is 8.00. The Bertz CT molecular complexity index is 417. The Labute approximate surface area is 101 Å². The predicted molar refractivity (Wildman–Crippen MR) is 60.9 cm³/mol. The SMILES string of the molecule is O=C1OC(Sc2ccccc2)C(Cl)=C1Cl. The normalized spacial score (nSPS) is 20.7. The van der Waals surface area contributed by atoms with Crippen LogP contribution in [0.25, 0.3) is 0 Å². The van der Waals surface area contributed by atoms with Crippen LogP contribution in [0, 0.1) is 0 Å². The first kappa shape index (κ1) is 10.9. The first-order valence-electron chi connectivity index (χ1n) is 4.16. The molecule has 1 aromatic carbocycles. The summed E-state index contributed by atoms with van der Waals surface area (Å²) in [6.45, 7) is 0. The molecule has 0 aromatic heterocycles. The van der Waals surface area contributed by atoms with Crippen molar-refractivity contribution in [3.05, 3.63) is 40.4 Å². The number of hydrogen-bond donors (Lipinski definition) is 0. The van der Waals surface area contributed by atoms with Crippen LogP contribution in [-0.2, 0) is 9.53 Å². The number of benzene rings is 1. The summed E-state index contributed by atoms with van der Waals surface area (Å²) in [5, 5.41) is 0.237. The van der Waals surface area contributed by atoms with Gasteiger partial charge in [-0.05, 0) is 12.1 Å². The van der Waals surface area contributed by atoms with E-state index < -0.39 is 11.4 Å². The summed E-state index contributed by atoms with van der Waals surface area (Å²) in [6, 6.07) is 9.54. The largest absolute Gasteiger partial charge is 0.441 e. The van der Waals surface area contributed by atoms with E-state index in [0.29, 0.717) is 0 Å². The van der Waals surface area contributed by atoms with Gasteiger partial charge in [-0.2, -0.15) is 0 Å². The molecule has 1 unspecified atom stereocenters. The number of carbonyl (C=O) groups excluding carboxylic acids is 1. The highest BCUT2D eigenvalue weighted by atomic mass is 35.5. The van der Waals surface area contributed by atoms with E-state index in [9.17, 15) is 4.79 Å². The molecule has 0 fully saturated rings. The highest BCUT2D eigenvalue weighted by Gasteiger charge is 2.32. The second kappa shape index (κ2) is 4.47. The van der Waals surface area contributed by atoms with E-state index in [2.05, 4.69) is 0 Å². The summed E-state index contributed by atoms with van der Waals surface area (Å²) in [7, 11) is 0. The molecule has 0 spiro atoms. The lowest BCUT2D eigenvalue weighted by Crippen LogP contribution is -2.04. The maximum atomic E-state index is 11.1. The van der Waals surface area contributed by atoms with Crippen molar-refractivity contribution >= 4 is 40.9 Å². The summed E-state index contributed by atoms with van der Waals surface area (Å²) in [4.78, 5) is 12.0. The van der Waals surface area contributed by atoms with Crippen molar-refractivity contribution in [3.63, 3.8) is 0 Å². The zero-order valence-electron chi connectivity index (χ0n) is 7.44. The molecule has 78 valence electrons. The van der Waals surface area contributed by atoms with Crippen molar-refractivity contribution in [1.29, 1.82) is 0 Å². The fraction of sp³-hybridized carbons (Fsp3) is 0.100. The van der Waals surface area contributed by atoms with Gasteiger partial charge in [-0.15, -0.1) is 0 Å². The van der Waals surface area contributed by atoms with Gasteiger partial charge >= 0.3 is 5.97 Å². The Morgan fingerprint density at radius 3 is 2.40 bits per heavy atom. The number of cyclic esters (lactones) is 1. The van der Waals surface area contributed by atoms with Gasteiger partial charge in [0, 0.05) is 4.90 Å². The van der Waals surface area contributed by atoms with Crippen LogP contribution in [0.5, 0.6) is 0 Å². The van der Waals surface area contributed by atoms with Crippen molar-refractivity contribution in [3.8, 4) is 0 Å². The first-order chi connectivity index (χ1) is 7.18. The van der Waals surface area contributed by atoms with E-state index >= 15 is 0 Å². The third-order valence-corrected chi connectivity index (χ3v) is 3.86. The maximum Gasteiger partial charge on any atom is 0.352 e. The molecule has 1 heterocycles. The fourth-order valence-electron chi connectivity index (χ4n) is 1.10. The number of thioether (sulfide) groups is 1. The van der Waals surface area contributed by atoms with Crippen molar-refractivity contribution in [1.82, 2.24) is 0 Å². The van der Waals surface area contributed by atoms with Gasteiger partial charge in [-0.3, -0.25) is 0 Å². The van der Waals surface area contributed by atoms with Crippen molar-refractivity contribution in [2.24, 2.45) is 0 Å². The van der Waals surface area contributed by atoms with E-state index in [1.807, 2.05) is 30.3 Å². The molecule has 0 saturated carbocycles. The average Bonchev–Trinajstić information content (AvgIpc) is 2.48. The Balaban J connectivity index is 2.13. The van der Waals surface area contributed by atoms with Gasteiger partial charge in [0.05, 0.1) is 5.03 Å². The lowest BCUT2D eigenvalue weighted by molar-refractivity contribution is -0.136. The molecule has 1 atom stereocenters. The molecule has 0 saturated heterocycles. The zero-order chi connectivity index (χ0) is 10.8. The Morgan fingerprint density at radius 2 is 1.87 bits per heavy atom. The molecule has 1 aliphatic rings. The molecule has 0 bridgehead atoms. The Kier molecular flexibility index (Phi) is 3.24. The van der Waals surface area contributed by atoms with Gasteiger partial charge in [-0.1, -0.05) is 53.2 Å². The number of rotatable bonds is 2. The van der Waals surface area contributed by atoms with E-state index in [1.165, 1.54) is 11.8 Å². The van der Waals surface area contributed by atoms with E-state index in [4.69, 9.17) is 27.9 Å². The van der Waals surface area contributed by atoms with Crippen LogP contribution in [0.3, 0.4) is 0 Å². The number of halogens is 2. The van der Waals surface area contributed by atoms with E-state index in [0.717, 1.165) is 4.90 Å². The summed E-state index contributed by atoms with van der Waals surface area (Å²) < 4.78 is 4.98. The van der Waals surface area contributed by atoms with Crippen LogP contribution in [0.1, 0.15) is 0 Å². The molecule has 0 amide bonds. The van der Waals surface area contributed by atoms with Gasteiger partial charge in [0.15, 0.2) is 5.44 Å². The van der Waals surface area contributed by atoms with Crippen LogP contribution in [0.2, 0.25) is 0 Å². The smallest absolute Gasteiger partial charge is 0.352 e. The molecular weight excluding hydrogens is 255 g/mol. The molecule has 1 aromatic rings. The number of esters is 1. The van der Waals surface area contributed by atoms with Gasteiger partial charge in [0.2, 0.25) is 0 Å². The monoisotopic (exact) mass is 260 g/mol. The van der Waals surface area contributed by atoms with E-state index in [-0.39, 0.29) is 10.1 Å². The number of hydrogen-bond acceptors (Lipinski definition) is 3. The van der Waals surface area contributed by atoms with Crippen molar-refractivity contribution in [2.45, 2.75) is 10.3 Å². The van der Waals surface area contributed by atoms with Crippen LogP contribution in [0.15, 0.2) is 45.3 Å². The van der Waals surface area contributed by atoms with Crippen LogP contribution >= 0.6 is 35.0 Å². The topological polar surface area (TPSA) is 26.3 Å². The lowest BCUT2D eigenvalue weighted by atomic mass is 10.4. The molecule has 0 aliphatic carbocycles. The predicted octanol–water partition coefficient (Wildman–Crippen LogP) is 3.35. The third kappa shape index (κ3) is 2.30. The van der Waals surface area contributed by atoms with Crippen LogP contribution in [0.4, 0.5) is 0 Å². The molecule has 5 heteroatoms. The third-order valence-electron chi connectivity index (χ3n) is 1.80. The Hall–Kier alpha value is -0.640. The second-order valence-corrected chi connectivity index (χ2v) is 4.75. The standard InChI is InChI=1S/C10H6Cl2O2S/c11-7-8(12)10(14-9(7)13)15-6-4-2-1-3-5-6/h1-5,10H. The fourth-order valence-corrected chi connectivity index (χ4v) is 2.48. The highest BCUT2D eigenvalue weighted by Crippen LogP contribution is 2.38. The number of carbonyl (C=O) groups is 1. The first-order valence-corrected chi connectivity index (χ1v) is 5.80. The molecule has 0 radical (unpaired) electrons. The minimum atomic E-state index is -0.560. The van der Waals surface area contributed by atoms with Gasteiger partial charge in [0.1, 0.15) is 5.03 Å². The minimum Gasteiger partial charge on any atom is -0.441 e. The molecule has 1 aliphatic heterocycles. The number of ether oxygens (including phenoxy) is 1. The zero-order valence-corrected chi connectivity index (χ0v) is 9.77. The van der Waals surface area contributed by atoms with Gasteiger partial charge in [-0.25, -0.2) is 4.79 Å². The molecule has 2 nitrogen and oxygen atoms in total. The average molecular weight is 261 g/mol. The van der Waals surface area contributed by atoms with Crippen molar-refractivity contribution < 1.29 is 9.53 Å². The molecule has 2 rings (SSSR count). The lowest BCUT2D eigenvalue weighted by Gasteiger charge is -2.08. The maximum absolute atomic E-state index is 11.1. The van der Waals surface area contributed by atoms with Gasteiger partial charge in [0.25, 0.3) is 0 Å². The minimum absolute atomic E-state index is 0.0231. The summed E-state index contributed by atoms with van der Waals surface area (Å²) in [5.74, 6) is -0.560. The Morgan fingerprint density at radius 1 is 1.20 bits per heavy atom.